The first-order chi connectivity index (χ1) is 14.3. The number of halogens is 2. The largest absolute Gasteiger partial charge is 0.497 e. The van der Waals surface area contributed by atoms with E-state index in [4.69, 9.17) is 4.74 Å². The summed E-state index contributed by atoms with van der Waals surface area (Å²) in [6.45, 7) is 0. The van der Waals surface area contributed by atoms with Crippen LogP contribution in [-0.2, 0) is 15.8 Å². The predicted molar refractivity (Wildman–Crippen MR) is 125 cm³/mol. The quantitative estimate of drug-likeness (QED) is 0.409. The average molecular weight is 554 g/mol. The third-order valence-corrected chi connectivity index (χ3v) is 6.38. The summed E-state index contributed by atoms with van der Waals surface area (Å²) in [4.78, 5) is 12.8. The molecule has 0 fully saturated rings. The number of anilines is 2. The molecular formula is C21H18Br2N2O4S. The number of benzene rings is 3. The summed E-state index contributed by atoms with van der Waals surface area (Å²) in [5.41, 5.74) is 1.59. The number of amides is 1. The first kappa shape index (κ1) is 22.3. The third-order valence-electron chi connectivity index (χ3n) is 4.11. The molecule has 3 aromatic carbocycles. The van der Waals surface area contributed by atoms with E-state index in [1.807, 2.05) is 0 Å². The zero-order chi connectivity index (χ0) is 21.7. The minimum absolute atomic E-state index is 0.196. The molecule has 30 heavy (non-hydrogen) atoms. The molecular weight excluding hydrogens is 536 g/mol. The molecule has 9 heteroatoms. The van der Waals surface area contributed by atoms with Gasteiger partial charge in [-0.3, -0.25) is 9.52 Å². The van der Waals surface area contributed by atoms with E-state index in [0.717, 1.165) is 4.47 Å². The van der Waals surface area contributed by atoms with Crippen LogP contribution in [-0.4, -0.2) is 21.4 Å². The summed E-state index contributed by atoms with van der Waals surface area (Å²) in [7, 11) is -2.20. The van der Waals surface area contributed by atoms with E-state index in [0.29, 0.717) is 21.5 Å². The summed E-state index contributed by atoms with van der Waals surface area (Å²) >= 11 is 6.67. The summed E-state index contributed by atoms with van der Waals surface area (Å²) in [5, 5.41) is 2.77. The Morgan fingerprint density at radius 2 is 1.57 bits per heavy atom. The van der Waals surface area contributed by atoms with Crippen molar-refractivity contribution in [1.29, 1.82) is 0 Å². The number of sulfonamides is 1. The van der Waals surface area contributed by atoms with Crippen LogP contribution in [0.3, 0.4) is 0 Å². The molecule has 0 aliphatic rings. The van der Waals surface area contributed by atoms with Crippen molar-refractivity contribution in [3.63, 3.8) is 0 Å². The van der Waals surface area contributed by atoms with Crippen LogP contribution in [0, 0.1) is 0 Å². The molecule has 1 amide bonds. The lowest BCUT2D eigenvalue weighted by molar-refractivity contribution is 0.102. The fourth-order valence-corrected chi connectivity index (χ4v) is 4.51. The van der Waals surface area contributed by atoms with E-state index in [2.05, 4.69) is 41.9 Å². The first-order valence-corrected chi connectivity index (χ1v) is 12.0. The van der Waals surface area contributed by atoms with Crippen molar-refractivity contribution >= 4 is 59.2 Å². The standard InChI is InChI=1S/C21H18Br2N2O4S/c1-29-18-9-2-14(3-10-18)13-30(27,28)25-20-11-6-16(23)12-19(20)21(26)24-17-7-4-15(22)5-8-17/h2-12,25H,13H2,1H3,(H,24,26). The van der Waals surface area contributed by atoms with Crippen molar-refractivity contribution in [2.24, 2.45) is 0 Å². The summed E-state index contributed by atoms with van der Waals surface area (Å²) in [6.07, 6.45) is 0. The molecule has 0 bridgehead atoms. The summed E-state index contributed by atoms with van der Waals surface area (Å²) < 4.78 is 34.5. The molecule has 0 aliphatic carbocycles. The lowest BCUT2D eigenvalue weighted by Crippen LogP contribution is -2.19. The molecule has 6 nitrogen and oxygen atoms in total. The van der Waals surface area contributed by atoms with Gasteiger partial charge in [0.15, 0.2) is 0 Å². The van der Waals surface area contributed by atoms with E-state index in [9.17, 15) is 13.2 Å². The normalized spacial score (nSPS) is 11.0. The Morgan fingerprint density at radius 1 is 0.933 bits per heavy atom. The van der Waals surface area contributed by atoms with Crippen molar-refractivity contribution in [2.75, 3.05) is 17.1 Å². The van der Waals surface area contributed by atoms with Crippen molar-refractivity contribution in [3.8, 4) is 5.75 Å². The highest BCUT2D eigenvalue weighted by Gasteiger charge is 2.18. The van der Waals surface area contributed by atoms with E-state index in [1.54, 1.807) is 73.8 Å². The van der Waals surface area contributed by atoms with Gasteiger partial charge in [-0.2, -0.15) is 0 Å². The van der Waals surface area contributed by atoms with Crippen LogP contribution in [0.4, 0.5) is 11.4 Å². The minimum Gasteiger partial charge on any atom is -0.497 e. The maximum atomic E-state index is 12.8. The van der Waals surface area contributed by atoms with Crippen LogP contribution in [0.1, 0.15) is 15.9 Å². The van der Waals surface area contributed by atoms with Crippen molar-refractivity contribution in [2.45, 2.75) is 5.75 Å². The minimum atomic E-state index is -3.75. The molecule has 0 unspecified atom stereocenters. The number of nitrogens with one attached hydrogen (secondary N) is 2. The van der Waals surface area contributed by atoms with Crippen LogP contribution in [0.25, 0.3) is 0 Å². The molecule has 156 valence electrons. The van der Waals surface area contributed by atoms with Crippen molar-refractivity contribution in [3.05, 3.63) is 86.8 Å². The van der Waals surface area contributed by atoms with Gasteiger partial charge in [0.2, 0.25) is 10.0 Å². The molecule has 2 N–H and O–H groups in total. The monoisotopic (exact) mass is 552 g/mol. The zero-order valence-electron chi connectivity index (χ0n) is 15.9. The SMILES string of the molecule is COc1ccc(CS(=O)(=O)Nc2ccc(Br)cc2C(=O)Nc2ccc(Br)cc2)cc1. The van der Waals surface area contributed by atoms with Crippen LogP contribution in [0.5, 0.6) is 5.75 Å². The van der Waals surface area contributed by atoms with Gasteiger partial charge in [-0.25, -0.2) is 8.42 Å². The molecule has 0 saturated carbocycles. The Hall–Kier alpha value is -2.36. The Kier molecular flexibility index (Phi) is 7.17. The second kappa shape index (κ2) is 9.63. The number of rotatable bonds is 7. The van der Waals surface area contributed by atoms with Crippen LogP contribution < -0.4 is 14.8 Å². The lowest BCUT2D eigenvalue weighted by Gasteiger charge is -2.14. The Bertz CT molecular complexity index is 1150. The molecule has 3 rings (SSSR count). The van der Waals surface area contributed by atoms with E-state index in [1.165, 1.54) is 0 Å². The highest BCUT2D eigenvalue weighted by molar-refractivity contribution is 9.10. The van der Waals surface area contributed by atoms with Crippen molar-refractivity contribution in [1.82, 2.24) is 0 Å². The van der Waals surface area contributed by atoms with Gasteiger partial charge in [-0.05, 0) is 60.2 Å². The molecule has 0 spiro atoms. The van der Waals surface area contributed by atoms with Crippen LogP contribution in [0.15, 0.2) is 75.7 Å². The fourth-order valence-electron chi connectivity index (χ4n) is 2.67. The predicted octanol–water partition coefficient (Wildman–Crippen LogP) is 5.41. The molecule has 0 saturated heterocycles. The number of carbonyl (C=O) groups is 1. The Balaban J connectivity index is 1.81. The Labute approximate surface area is 192 Å². The van der Waals surface area contributed by atoms with Gasteiger partial charge in [-0.1, -0.05) is 44.0 Å². The van der Waals surface area contributed by atoms with Gasteiger partial charge in [0.1, 0.15) is 5.75 Å². The third kappa shape index (κ3) is 6.07. The number of methoxy groups -OCH3 is 1. The number of carbonyl (C=O) groups excluding carboxylic acids is 1. The number of hydrogen-bond donors (Lipinski definition) is 2. The van der Waals surface area contributed by atoms with Crippen LogP contribution >= 0.6 is 31.9 Å². The summed E-state index contributed by atoms with van der Waals surface area (Å²) in [5.74, 6) is -0.0226. The first-order valence-electron chi connectivity index (χ1n) is 8.75. The van der Waals surface area contributed by atoms with Gasteiger partial charge in [0.05, 0.1) is 24.1 Å². The molecule has 0 atom stereocenters. The topological polar surface area (TPSA) is 84.5 Å². The summed E-state index contributed by atoms with van der Waals surface area (Å²) in [6, 6.07) is 18.6. The zero-order valence-corrected chi connectivity index (χ0v) is 19.8. The highest BCUT2D eigenvalue weighted by atomic mass is 79.9. The van der Waals surface area contributed by atoms with E-state index < -0.39 is 15.9 Å². The molecule has 0 radical (unpaired) electrons. The van der Waals surface area contributed by atoms with Gasteiger partial charge in [0.25, 0.3) is 5.91 Å². The van der Waals surface area contributed by atoms with Gasteiger partial charge >= 0.3 is 0 Å². The molecule has 0 heterocycles. The highest BCUT2D eigenvalue weighted by Crippen LogP contribution is 2.25. The Morgan fingerprint density at radius 3 is 2.20 bits per heavy atom. The number of hydrogen-bond acceptors (Lipinski definition) is 4. The maximum absolute atomic E-state index is 12.8. The lowest BCUT2D eigenvalue weighted by atomic mass is 10.1. The molecule has 0 aromatic heterocycles. The van der Waals surface area contributed by atoms with Crippen LogP contribution in [0.2, 0.25) is 0 Å². The van der Waals surface area contributed by atoms with Gasteiger partial charge < -0.3 is 10.1 Å². The van der Waals surface area contributed by atoms with E-state index >= 15 is 0 Å². The van der Waals surface area contributed by atoms with Gasteiger partial charge in [-0.15, -0.1) is 0 Å². The average Bonchev–Trinajstić information content (AvgIpc) is 2.71. The molecule has 0 aliphatic heterocycles. The smallest absolute Gasteiger partial charge is 0.257 e. The number of ether oxygens (including phenoxy) is 1. The second-order valence-electron chi connectivity index (χ2n) is 6.36. The maximum Gasteiger partial charge on any atom is 0.257 e. The van der Waals surface area contributed by atoms with Gasteiger partial charge in [0, 0.05) is 14.6 Å². The van der Waals surface area contributed by atoms with Crippen molar-refractivity contribution < 1.29 is 17.9 Å². The van der Waals surface area contributed by atoms with E-state index in [-0.39, 0.29) is 17.0 Å². The molecule has 3 aromatic rings. The fraction of sp³-hybridized carbons (Fsp3) is 0.0952. The second-order valence-corrected chi connectivity index (χ2v) is 9.91.